The molecule has 0 atom stereocenters. The molecule has 0 spiro atoms. The molecule has 0 aliphatic heterocycles. The summed E-state index contributed by atoms with van der Waals surface area (Å²) < 4.78 is 4.33. The van der Waals surface area contributed by atoms with Crippen LogP contribution in [0.25, 0.3) is 67.8 Å². The van der Waals surface area contributed by atoms with Crippen LogP contribution < -0.4 is 10.0 Å². The van der Waals surface area contributed by atoms with Crippen LogP contribution in [0.2, 0.25) is 20.1 Å². The minimum Gasteiger partial charge on any atom is -0.312 e. The van der Waals surface area contributed by atoms with Gasteiger partial charge in [0.2, 0.25) is 0 Å². The van der Waals surface area contributed by atoms with Crippen molar-refractivity contribution in [3.8, 4) is 67.8 Å². The lowest BCUT2D eigenvalue weighted by Gasteiger charge is -2.30. The number of benzene rings is 6. The van der Waals surface area contributed by atoms with Crippen LogP contribution in [0, 0.1) is 0 Å². The number of hydrogen-bond donors (Lipinski definition) is 0. The molecular formula is C46H36Cl4N6. The van der Waals surface area contributed by atoms with Gasteiger partial charge in [0.05, 0.1) is 45.9 Å². The van der Waals surface area contributed by atoms with Crippen molar-refractivity contribution in [3.05, 3.63) is 178 Å². The van der Waals surface area contributed by atoms with Gasteiger partial charge in [-0.05, 0) is 36.4 Å². The molecule has 0 unspecified atom stereocenters. The van der Waals surface area contributed by atoms with Crippen molar-refractivity contribution in [2.24, 2.45) is 0 Å². The van der Waals surface area contributed by atoms with Crippen molar-refractivity contribution >= 4 is 46.4 Å². The molecule has 0 fully saturated rings. The highest BCUT2D eigenvalue weighted by Crippen LogP contribution is 2.41. The highest BCUT2D eigenvalue weighted by Gasteiger charge is 2.27. The maximum absolute atomic E-state index is 6.93. The van der Waals surface area contributed by atoms with Crippen molar-refractivity contribution in [2.45, 2.75) is 0 Å². The van der Waals surface area contributed by atoms with Gasteiger partial charge in [0.15, 0.2) is 11.6 Å². The van der Waals surface area contributed by atoms with Crippen LogP contribution in [0.1, 0.15) is 0 Å². The van der Waals surface area contributed by atoms with E-state index in [-0.39, 0.29) is 0 Å². The predicted molar refractivity (Wildman–Crippen MR) is 235 cm³/mol. The lowest BCUT2D eigenvalue weighted by Crippen LogP contribution is -2.42. The maximum atomic E-state index is 6.93. The highest BCUT2D eigenvalue weighted by molar-refractivity contribution is 6.37. The highest BCUT2D eigenvalue weighted by atomic mass is 35.5. The van der Waals surface area contributed by atoms with E-state index < -0.39 is 0 Å². The van der Waals surface area contributed by atoms with Crippen LogP contribution in [0.3, 0.4) is 0 Å². The molecule has 10 heteroatoms. The first-order valence-electron chi connectivity index (χ1n) is 18.1. The van der Waals surface area contributed by atoms with E-state index in [4.69, 9.17) is 56.4 Å². The normalized spacial score (nSPS) is 11.2. The molecule has 0 bridgehead atoms. The van der Waals surface area contributed by atoms with Gasteiger partial charge in [-0.1, -0.05) is 168 Å². The van der Waals surface area contributed by atoms with Crippen LogP contribution in [0.15, 0.2) is 158 Å². The summed E-state index contributed by atoms with van der Waals surface area (Å²) in [6.45, 7) is 1.14. The topological polar surface area (TPSA) is 42.1 Å². The first kappa shape index (κ1) is 37.4. The second-order valence-electron chi connectivity index (χ2n) is 13.4. The Morgan fingerprint density at radius 3 is 1.07 bits per heavy atom. The summed E-state index contributed by atoms with van der Waals surface area (Å²) >= 11 is 26.7. The van der Waals surface area contributed by atoms with Gasteiger partial charge >= 0.3 is 0 Å². The average Bonchev–Trinajstić information content (AvgIpc) is 3.82. The Labute approximate surface area is 346 Å². The van der Waals surface area contributed by atoms with Crippen LogP contribution in [-0.2, 0) is 0 Å². The Morgan fingerprint density at radius 2 is 0.750 bits per heavy atom. The average molecular weight is 815 g/mol. The molecule has 0 aliphatic carbocycles. The number of hydrogen-bond acceptors (Lipinski definition) is 4. The molecule has 0 saturated carbocycles. The fourth-order valence-electron chi connectivity index (χ4n) is 6.97. The van der Waals surface area contributed by atoms with Gasteiger partial charge in [-0.15, -0.1) is 0 Å². The molecule has 56 heavy (non-hydrogen) atoms. The van der Waals surface area contributed by atoms with Gasteiger partial charge in [-0.3, -0.25) is 0 Å². The first-order chi connectivity index (χ1) is 27.3. The molecule has 0 saturated heterocycles. The minimum absolute atomic E-state index is 0.511. The van der Waals surface area contributed by atoms with Crippen molar-refractivity contribution in [3.63, 3.8) is 0 Å². The van der Waals surface area contributed by atoms with E-state index in [1.165, 1.54) is 0 Å². The van der Waals surface area contributed by atoms with Crippen molar-refractivity contribution < 1.29 is 0 Å². The fraction of sp³-hybridized carbons (Fsp3) is 0.0870. The van der Waals surface area contributed by atoms with Crippen LogP contribution in [-0.4, -0.2) is 46.5 Å². The van der Waals surface area contributed by atoms with Crippen molar-refractivity contribution in [2.75, 3.05) is 37.2 Å². The Morgan fingerprint density at radius 1 is 0.429 bits per heavy atom. The van der Waals surface area contributed by atoms with Gasteiger partial charge in [0.25, 0.3) is 0 Å². The SMILES string of the molecule is CN(CCN(C)n1c(-c2ccc(Cl)cc2Cl)nc(-c2ccccc2)c1-c1ccccc1)n1c(-c2ccc(Cl)cc2Cl)nc(-c2ccccc2)c1-c1ccccc1. The van der Waals surface area contributed by atoms with E-state index in [0.29, 0.717) is 44.8 Å². The number of nitrogens with zero attached hydrogens (tertiary/aromatic N) is 6. The summed E-state index contributed by atoms with van der Waals surface area (Å²) in [5.41, 5.74) is 9.11. The van der Waals surface area contributed by atoms with E-state index in [9.17, 15) is 0 Å². The predicted octanol–water partition coefficient (Wildman–Crippen LogP) is 12.5. The smallest absolute Gasteiger partial charge is 0.161 e. The third-order valence-electron chi connectivity index (χ3n) is 9.67. The zero-order chi connectivity index (χ0) is 38.8. The lowest BCUT2D eigenvalue weighted by molar-refractivity contribution is 0.596. The maximum Gasteiger partial charge on any atom is 0.161 e. The summed E-state index contributed by atoms with van der Waals surface area (Å²) in [6.07, 6.45) is 0. The summed E-state index contributed by atoms with van der Waals surface area (Å²) in [5.74, 6) is 1.39. The number of imidazole rings is 2. The van der Waals surface area contributed by atoms with E-state index in [2.05, 4.69) is 82.0 Å². The lowest BCUT2D eigenvalue weighted by atomic mass is 10.1. The summed E-state index contributed by atoms with van der Waals surface area (Å²) in [4.78, 5) is 10.6. The van der Waals surface area contributed by atoms with Crippen molar-refractivity contribution in [1.82, 2.24) is 19.3 Å². The molecule has 6 aromatic carbocycles. The van der Waals surface area contributed by atoms with Crippen LogP contribution in [0.5, 0.6) is 0 Å². The molecule has 2 aromatic heterocycles. The number of aromatic nitrogens is 4. The van der Waals surface area contributed by atoms with E-state index in [0.717, 1.165) is 56.2 Å². The Bertz CT molecular complexity index is 2430. The van der Waals surface area contributed by atoms with Crippen LogP contribution >= 0.6 is 46.4 Å². The molecule has 0 N–H and O–H groups in total. The molecule has 0 radical (unpaired) electrons. The van der Waals surface area contributed by atoms with Crippen molar-refractivity contribution in [1.29, 1.82) is 0 Å². The molecular weight excluding hydrogens is 778 g/mol. The summed E-state index contributed by atoms with van der Waals surface area (Å²) in [7, 11) is 4.14. The molecule has 0 amide bonds. The second-order valence-corrected chi connectivity index (χ2v) is 15.1. The Balaban J connectivity index is 1.28. The van der Waals surface area contributed by atoms with E-state index >= 15 is 0 Å². The molecule has 8 aromatic rings. The van der Waals surface area contributed by atoms with Crippen LogP contribution in [0.4, 0.5) is 0 Å². The fourth-order valence-corrected chi connectivity index (χ4v) is 7.96. The van der Waals surface area contributed by atoms with Gasteiger partial charge in [-0.25, -0.2) is 19.3 Å². The zero-order valence-electron chi connectivity index (χ0n) is 30.6. The van der Waals surface area contributed by atoms with E-state index in [1.807, 2.05) is 97.1 Å². The third kappa shape index (κ3) is 7.41. The van der Waals surface area contributed by atoms with Gasteiger partial charge < -0.3 is 10.0 Å². The van der Waals surface area contributed by atoms with Gasteiger partial charge in [0.1, 0.15) is 0 Å². The summed E-state index contributed by atoms with van der Waals surface area (Å²) in [6, 6.07) is 52.2. The van der Waals surface area contributed by atoms with Gasteiger partial charge in [-0.2, -0.15) is 0 Å². The second kappa shape index (κ2) is 16.3. The van der Waals surface area contributed by atoms with Gasteiger partial charge in [0, 0.05) is 57.5 Å². The number of rotatable bonds is 11. The molecule has 0 aliphatic rings. The third-order valence-corrected chi connectivity index (χ3v) is 10.8. The Hall–Kier alpha value is -5.50. The number of likely N-dealkylation sites (N-methyl/N-ethyl adjacent to an activating group) is 2. The molecule has 6 nitrogen and oxygen atoms in total. The standard InChI is InChI=1S/C46H36Cl4N6/c1-53(55-43(33-19-11-5-12-20-33)41(31-15-7-3-8-16-31)51-45(55)37-25-23-35(47)29-39(37)49)27-28-54(2)56-44(34-21-13-6-14-22-34)42(32-17-9-4-10-18-32)52-46(56)38-26-24-36(48)30-40(38)50/h3-26,29-30H,27-28H2,1-2H3. The number of halogens is 4. The monoisotopic (exact) mass is 812 g/mol. The Kier molecular flexibility index (Phi) is 10.9. The van der Waals surface area contributed by atoms with E-state index in [1.54, 1.807) is 12.1 Å². The minimum atomic E-state index is 0.511. The zero-order valence-corrected chi connectivity index (χ0v) is 33.6. The first-order valence-corrected chi connectivity index (χ1v) is 19.6. The molecule has 2 heterocycles. The quantitative estimate of drug-likeness (QED) is 0.130. The molecule has 278 valence electrons. The summed E-state index contributed by atoms with van der Waals surface area (Å²) in [5, 5.41) is 6.50. The largest absolute Gasteiger partial charge is 0.312 e. The molecule has 8 rings (SSSR count).